The van der Waals surface area contributed by atoms with Gasteiger partial charge in [0, 0.05) is 18.4 Å². The Labute approximate surface area is 216 Å². The zero-order chi connectivity index (χ0) is 26.0. The number of hydrogen-bond acceptors (Lipinski definition) is 4. The van der Waals surface area contributed by atoms with Crippen LogP contribution in [0, 0.1) is 0 Å². The van der Waals surface area contributed by atoms with Crippen LogP contribution < -0.4 is 5.32 Å². The van der Waals surface area contributed by atoms with Crippen LogP contribution in [0.1, 0.15) is 44.7 Å². The summed E-state index contributed by atoms with van der Waals surface area (Å²) in [7, 11) is -3.30. The van der Waals surface area contributed by atoms with Gasteiger partial charge < -0.3 is 10.2 Å². The Kier molecular flexibility index (Phi) is 6.63. The summed E-state index contributed by atoms with van der Waals surface area (Å²) in [5.74, 6) is -0.506. The van der Waals surface area contributed by atoms with Crippen molar-refractivity contribution in [3.63, 3.8) is 0 Å². The molecule has 1 atom stereocenters. The number of benzene rings is 4. The first-order valence-corrected chi connectivity index (χ1v) is 13.8. The van der Waals surface area contributed by atoms with E-state index in [0.717, 1.165) is 22.9 Å². The van der Waals surface area contributed by atoms with Crippen molar-refractivity contribution in [1.29, 1.82) is 0 Å². The third-order valence-electron chi connectivity index (χ3n) is 6.57. The third kappa shape index (κ3) is 4.90. The molecule has 2 amide bonds. The van der Waals surface area contributed by atoms with Gasteiger partial charge in [0.15, 0.2) is 9.84 Å². The van der Waals surface area contributed by atoms with Crippen molar-refractivity contribution in [2.75, 3.05) is 6.26 Å². The summed E-state index contributed by atoms with van der Waals surface area (Å²) in [6, 6.07) is 31.7. The van der Waals surface area contributed by atoms with E-state index in [0.29, 0.717) is 11.1 Å². The molecular weight excluding hydrogens is 484 g/mol. The molecule has 0 fully saturated rings. The molecule has 7 heteroatoms. The molecule has 1 unspecified atom stereocenters. The van der Waals surface area contributed by atoms with Gasteiger partial charge in [-0.05, 0) is 40.5 Å². The van der Waals surface area contributed by atoms with E-state index in [1.54, 1.807) is 29.2 Å². The predicted molar refractivity (Wildman–Crippen MR) is 141 cm³/mol. The van der Waals surface area contributed by atoms with Gasteiger partial charge in [-0.25, -0.2) is 8.42 Å². The highest BCUT2D eigenvalue weighted by Gasteiger charge is 2.45. The fraction of sp³-hybridized carbons (Fsp3) is 0.133. The number of fused-ring (bicyclic) bond motifs is 1. The Hall–Kier alpha value is -4.23. The topological polar surface area (TPSA) is 83.5 Å². The Balaban J connectivity index is 1.50. The van der Waals surface area contributed by atoms with Crippen LogP contribution in [0.3, 0.4) is 0 Å². The van der Waals surface area contributed by atoms with Gasteiger partial charge in [-0.3, -0.25) is 9.59 Å². The summed E-state index contributed by atoms with van der Waals surface area (Å²) >= 11 is 0. The Morgan fingerprint density at radius 1 is 0.811 bits per heavy atom. The number of amides is 2. The first kappa shape index (κ1) is 24.5. The second-order valence-corrected chi connectivity index (χ2v) is 11.1. The SMILES string of the molecule is CS(=O)(=O)c1ccc(CNC(=O)C2c3ccccc3C(=O)N2C(c2ccccc2)c2ccccc2)cc1. The van der Waals surface area contributed by atoms with Crippen LogP contribution in [-0.4, -0.2) is 31.4 Å². The quantitative estimate of drug-likeness (QED) is 0.391. The standard InChI is InChI=1S/C30H26N2O4S/c1-37(35,36)24-18-16-21(17-19-24)20-31-29(33)28-25-14-8-9-15-26(25)30(34)32(28)27(22-10-4-2-5-11-22)23-12-6-3-7-13-23/h2-19,27-28H,20H2,1H3,(H,31,33). The summed E-state index contributed by atoms with van der Waals surface area (Å²) in [6.07, 6.45) is 1.16. The second-order valence-electron chi connectivity index (χ2n) is 9.06. The van der Waals surface area contributed by atoms with Crippen molar-refractivity contribution in [2.45, 2.75) is 23.5 Å². The molecular formula is C30H26N2O4S. The van der Waals surface area contributed by atoms with Crippen LogP contribution in [-0.2, 0) is 21.2 Å². The van der Waals surface area contributed by atoms with Crippen LogP contribution in [0.4, 0.5) is 0 Å². The number of nitrogens with one attached hydrogen (secondary N) is 1. The summed E-state index contributed by atoms with van der Waals surface area (Å²) in [6.45, 7) is 0.199. The molecule has 0 radical (unpaired) electrons. The van der Waals surface area contributed by atoms with Crippen LogP contribution >= 0.6 is 0 Å². The van der Waals surface area contributed by atoms with E-state index >= 15 is 0 Å². The molecule has 6 nitrogen and oxygen atoms in total. The van der Waals surface area contributed by atoms with Crippen molar-refractivity contribution < 1.29 is 18.0 Å². The van der Waals surface area contributed by atoms with Crippen molar-refractivity contribution >= 4 is 21.7 Å². The fourth-order valence-corrected chi connectivity index (χ4v) is 5.43. The maximum absolute atomic E-state index is 13.8. The van der Waals surface area contributed by atoms with Crippen LogP contribution in [0.5, 0.6) is 0 Å². The normalized spacial score (nSPS) is 15.0. The number of nitrogens with zero attached hydrogens (tertiary/aromatic N) is 1. The van der Waals surface area contributed by atoms with Crippen LogP contribution in [0.2, 0.25) is 0 Å². The maximum Gasteiger partial charge on any atom is 0.255 e. The van der Waals surface area contributed by atoms with Gasteiger partial charge in [0.05, 0.1) is 10.9 Å². The lowest BCUT2D eigenvalue weighted by Gasteiger charge is -2.33. The summed E-state index contributed by atoms with van der Waals surface area (Å²) < 4.78 is 23.5. The van der Waals surface area contributed by atoms with Crippen molar-refractivity contribution in [3.05, 3.63) is 137 Å². The van der Waals surface area contributed by atoms with E-state index in [1.807, 2.05) is 72.8 Å². The molecule has 4 aromatic carbocycles. The lowest BCUT2D eigenvalue weighted by atomic mass is 9.95. The molecule has 0 saturated heterocycles. The van der Waals surface area contributed by atoms with Crippen molar-refractivity contribution in [3.8, 4) is 0 Å². The number of rotatable bonds is 7. The number of carbonyl (C=O) groups excluding carboxylic acids is 2. The summed E-state index contributed by atoms with van der Waals surface area (Å²) in [5.41, 5.74) is 3.74. The first-order chi connectivity index (χ1) is 17.8. The van der Waals surface area contributed by atoms with Gasteiger partial charge >= 0.3 is 0 Å². The second kappa shape index (κ2) is 10.0. The number of hydrogen-bond donors (Lipinski definition) is 1. The highest BCUT2D eigenvalue weighted by Crippen LogP contribution is 2.42. The molecule has 1 aliphatic heterocycles. The zero-order valence-electron chi connectivity index (χ0n) is 20.2. The Morgan fingerprint density at radius 2 is 1.35 bits per heavy atom. The van der Waals surface area contributed by atoms with Crippen LogP contribution in [0.15, 0.2) is 114 Å². The van der Waals surface area contributed by atoms with E-state index in [1.165, 1.54) is 12.1 Å². The molecule has 37 heavy (non-hydrogen) atoms. The molecule has 0 aliphatic carbocycles. The lowest BCUT2D eigenvalue weighted by molar-refractivity contribution is -0.126. The maximum atomic E-state index is 13.8. The monoisotopic (exact) mass is 510 g/mol. The van der Waals surface area contributed by atoms with Gasteiger partial charge in [0.25, 0.3) is 5.91 Å². The zero-order valence-corrected chi connectivity index (χ0v) is 21.1. The Bertz CT molecular complexity index is 1500. The molecule has 1 N–H and O–H groups in total. The average molecular weight is 511 g/mol. The largest absolute Gasteiger partial charge is 0.350 e. The summed E-state index contributed by atoms with van der Waals surface area (Å²) in [4.78, 5) is 29.4. The number of carbonyl (C=O) groups is 2. The van der Waals surface area contributed by atoms with Gasteiger partial charge in [-0.15, -0.1) is 0 Å². The van der Waals surface area contributed by atoms with Gasteiger partial charge in [-0.1, -0.05) is 91.0 Å². The first-order valence-electron chi connectivity index (χ1n) is 11.9. The fourth-order valence-electron chi connectivity index (χ4n) is 4.79. The van der Waals surface area contributed by atoms with Crippen molar-refractivity contribution in [2.24, 2.45) is 0 Å². The minimum atomic E-state index is -3.30. The molecule has 1 aliphatic rings. The molecule has 5 rings (SSSR count). The highest BCUT2D eigenvalue weighted by atomic mass is 32.2. The molecule has 0 aromatic heterocycles. The van der Waals surface area contributed by atoms with Crippen LogP contribution in [0.25, 0.3) is 0 Å². The smallest absolute Gasteiger partial charge is 0.255 e. The minimum Gasteiger partial charge on any atom is -0.350 e. The van der Waals surface area contributed by atoms with Gasteiger partial charge in [0.1, 0.15) is 6.04 Å². The highest BCUT2D eigenvalue weighted by molar-refractivity contribution is 7.90. The number of sulfone groups is 1. The summed E-state index contributed by atoms with van der Waals surface area (Å²) in [5, 5.41) is 2.97. The molecule has 4 aromatic rings. The molecule has 0 spiro atoms. The van der Waals surface area contributed by atoms with Crippen molar-refractivity contribution in [1.82, 2.24) is 10.2 Å². The molecule has 0 saturated carbocycles. The Morgan fingerprint density at radius 3 is 1.92 bits per heavy atom. The van der Waals surface area contributed by atoms with E-state index in [-0.39, 0.29) is 23.3 Å². The van der Waals surface area contributed by atoms with E-state index in [4.69, 9.17) is 0 Å². The van der Waals surface area contributed by atoms with Gasteiger partial charge in [0.2, 0.25) is 5.91 Å². The minimum absolute atomic E-state index is 0.199. The van der Waals surface area contributed by atoms with E-state index < -0.39 is 21.9 Å². The predicted octanol–water partition coefficient (Wildman–Crippen LogP) is 4.69. The molecule has 186 valence electrons. The lowest BCUT2D eigenvalue weighted by Crippen LogP contribution is -2.41. The van der Waals surface area contributed by atoms with E-state index in [9.17, 15) is 18.0 Å². The average Bonchev–Trinajstić information content (AvgIpc) is 3.20. The molecule has 1 heterocycles. The van der Waals surface area contributed by atoms with Gasteiger partial charge in [-0.2, -0.15) is 0 Å². The van der Waals surface area contributed by atoms with E-state index in [2.05, 4.69) is 5.32 Å². The molecule has 0 bridgehead atoms. The third-order valence-corrected chi connectivity index (χ3v) is 7.70.